The van der Waals surface area contributed by atoms with Crippen LogP contribution < -0.4 is 9.47 Å². The third-order valence-electron chi connectivity index (χ3n) is 6.45. The molecule has 37 heavy (non-hydrogen) atoms. The van der Waals surface area contributed by atoms with Gasteiger partial charge in [0.1, 0.15) is 23.2 Å². The van der Waals surface area contributed by atoms with Crippen molar-refractivity contribution in [3.05, 3.63) is 65.2 Å². The number of carbonyl (C=O) groups excluding carboxylic acids is 2. The number of carbonyl (C=O) groups is 2. The van der Waals surface area contributed by atoms with Crippen LogP contribution in [0, 0.1) is 5.41 Å². The average molecular weight is 506 g/mol. The van der Waals surface area contributed by atoms with Crippen molar-refractivity contribution >= 4 is 17.6 Å². The number of hydrogen-bond acceptors (Lipinski definition) is 5. The maximum atomic E-state index is 12.3. The van der Waals surface area contributed by atoms with Gasteiger partial charge in [0.05, 0.1) is 12.0 Å². The van der Waals surface area contributed by atoms with E-state index in [2.05, 4.69) is 24.3 Å². The summed E-state index contributed by atoms with van der Waals surface area (Å²) in [4.78, 5) is 26.4. The summed E-state index contributed by atoms with van der Waals surface area (Å²) in [5, 5.41) is 0. The molecule has 6 heteroatoms. The third-order valence-corrected chi connectivity index (χ3v) is 6.45. The van der Waals surface area contributed by atoms with Crippen LogP contribution >= 0.6 is 0 Å². The molecule has 6 nitrogen and oxygen atoms in total. The molecule has 0 aromatic heterocycles. The molecule has 0 saturated carbocycles. The molecule has 1 unspecified atom stereocenters. The van der Waals surface area contributed by atoms with Crippen LogP contribution in [0.3, 0.4) is 0 Å². The Morgan fingerprint density at radius 2 is 1.65 bits per heavy atom. The van der Waals surface area contributed by atoms with Crippen LogP contribution in [0.2, 0.25) is 0 Å². The number of hydrogen-bond donors (Lipinski definition) is 0. The molecule has 0 N–H and O–H groups in total. The van der Waals surface area contributed by atoms with E-state index >= 15 is 0 Å². The molecular formula is C31H39NO5. The number of fused-ring (bicyclic) bond motifs is 1. The van der Waals surface area contributed by atoms with Gasteiger partial charge in [-0.3, -0.25) is 4.79 Å². The summed E-state index contributed by atoms with van der Waals surface area (Å²) in [6.45, 7) is 12.4. The van der Waals surface area contributed by atoms with Gasteiger partial charge in [-0.05, 0) is 107 Å². The Hall–Kier alpha value is -3.28. The Balaban J connectivity index is 1.43. The van der Waals surface area contributed by atoms with Gasteiger partial charge in [0.15, 0.2) is 0 Å². The molecule has 198 valence electrons. The summed E-state index contributed by atoms with van der Waals surface area (Å²) in [6, 6.07) is 14.1. The Morgan fingerprint density at radius 3 is 2.32 bits per heavy atom. The topological polar surface area (TPSA) is 65.1 Å². The number of likely N-dealkylation sites (tertiary alicyclic amines) is 1. The van der Waals surface area contributed by atoms with Crippen LogP contribution in [0.15, 0.2) is 48.5 Å². The zero-order valence-corrected chi connectivity index (χ0v) is 22.9. The lowest BCUT2D eigenvalue weighted by Gasteiger charge is -2.24. The van der Waals surface area contributed by atoms with Crippen molar-refractivity contribution in [2.45, 2.75) is 78.9 Å². The SMILES string of the molecule is CC(C)(C)OC(=O)N1CCC(Oc2ccc(C3=CCCCc4cc(OC(=O)C(C)(C)C)ccc43)cc2)C1. The van der Waals surface area contributed by atoms with Gasteiger partial charge in [-0.2, -0.15) is 0 Å². The largest absolute Gasteiger partial charge is 0.489 e. The molecule has 1 aliphatic carbocycles. The minimum atomic E-state index is -0.547. The third kappa shape index (κ3) is 6.94. The minimum absolute atomic E-state index is 0.0505. The van der Waals surface area contributed by atoms with E-state index in [1.54, 1.807) is 4.90 Å². The summed E-state index contributed by atoms with van der Waals surface area (Å²) in [6.07, 6.45) is 5.70. The first-order valence-electron chi connectivity index (χ1n) is 13.2. The van der Waals surface area contributed by atoms with Gasteiger partial charge in [-0.15, -0.1) is 0 Å². The zero-order chi connectivity index (χ0) is 26.8. The van der Waals surface area contributed by atoms with Gasteiger partial charge in [0.2, 0.25) is 0 Å². The van der Waals surface area contributed by atoms with E-state index in [1.165, 1.54) is 16.7 Å². The molecule has 1 saturated heterocycles. The Labute approximate surface area is 220 Å². The minimum Gasteiger partial charge on any atom is -0.489 e. The first-order chi connectivity index (χ1) is 17.4. The predicted molar refractivity (Wildman–Crippen MR) is 145 cm³/mol. The molecule has 0 spiro atoms. The molecule has 2 aliphatic rings. The number of esters is 1. The van der Waals surface area contributed by atoms with Gasteiger partial charge < -0.3 is 19.1 Å². The predicted octanol–water partition coefficient (Wildman–Crippen LogP) is 6.79. The van der Waals surface area contributed by atoms with Gasteiger partial charge in [0.25, 0.3) is 0 Å². The molecule has 4 rings (SSSR count). The van der Waals surface area contributed by atoms with Crippen molar-refractivity contribution in [2.75, 3.05) is 13.1 Å². The summed E-state index contributed by atoms with van der Waals surface area (Å²) < 4.78 is 17.3. The average Bonchev–Trinajstić information content (AvgIpc) is 3.17. The molecule has 1 heterocycles. The standard InChI is InChI=1S/C31H39NO5/c1-30(2,3)28(33)36-24-15-16-27-22(19-24)9-7-8-10-26(27)21-11-13-23(14-12-21)35-25-17-18-32(20-25)29(34)37-31(4,5)6/h10-16,19,25H,7-9,17-18,20H2,1-6H3. The molecule has 1 aliphatic heterocycles. The Bertz CT molecular complexity index is 1170. The Morgan fingerprint density at radius 1 is 0.946 bits per heavy atom. The zero-order valence-electron chi connectivity index (χ0n) is 22.9. The highest BCUT2D eigenvalue weighted by Gasteiger charge is 2.31. The molecule has 0 bridgehead atoms. The van der Waals surface area contributed by atoms with Gasteiger partial charge in [-0.1, -0.05) is 24.3 Å². The van der Waals surface area contributed by atoms with Crippen LogP contribution in [-0.2, 0) is 16.0 Å². The number of benzene rings is 2. The van der Waals surface area contributed by atoms with Crippen molar-refractivity contribution in [2.24, 2.45) is 5.41 Å². The number of aryl methyl sites for hydroxylation is 1. The highest BCUT2D eigenvalue weighted by Crippen LogP contribution is 2.34. The lowest BCUT2D eigenvalue weighted by Crippen LogP contribution is -2.36. The van der Waals surface area contributed by atoms with Crippen LogP contribution in [0.4, 0.5) is 4.79 Å². The Kier molecular flexibility index (Phi) is 7.67. The van der Waals surface area contributed by atoms with Crippen molar-refractivity contribution < 1.29 is 23.8 Å². The maximum Gasteiger partial charge on any atom is 0.410 e. The fourth-order valence-electron chi connectivity index (χ4n) is 4.51. The fourth-order valence-corrected chi connectivity index (χ4v) is 4.51. The number of amides is 1. The van der Waals surface area contributed by atoms with Gasteiger partial charge in [0, 0.05) is 13.0 Å². The van der Waals surface area contributed by atoms with Gasteiger partial charge in [-0.25, -0.2) is 4.79 Å². The molecule has 2 aromatic carbocycles. The highest BCUT2D eigenvalue weighted by molar-refractivity contribution is 5.83. The maximum absolute atomic E-state index is 12.3. The summed E-state index contributed by atoms with van der Waals surface area (Å²) >= 11 is 0. The van der Waals surface area contributed by atoms with E-state index in [4.69, 9.17) is 14.2 Å². The molecule has 2 aromatic rings. The summed E-state index contributed by atoms with van der Waals surface area (Å²) in [5.74, 6) is 1.16. The van der Waals surface area contributed by atoms with E-state index in [0.717, 1.165) is 37.0 Å². The van der Waals surface area contributed by atoms with Crippen LogP contribution in [0.5, 0.6) is 11.5 Å². The van der Waals surface area contributed by atoms with Crippen molar-refractivity contribution in [1.29, 1.82) is 0 Å². The van der Waals surface area contributed by atoms with Gasteiger partial charge >= 0.3 is 12.1 Å². The van der Waals surface area contributed by atoms with E-state index in [9.17, 15) is 9.59 Å². The van der Waals surface area contributed by atoms with E-state index in [-0.39, 0.29) is 18.2 Å². The highest BCUT2D eigenvalue weighted by atomic mass is 16.6. The van der Waals surface area contributed by atoms with E-state index in [1.807, 2.05) is 65.8 Å². The second-order valence-electron chi connectivity index (χ2n) is 11.9. The van der Waals surface area contributed by atoms with E-state index in [0.29, 0.717) is 18.8 Å². The fraction of sp³-hybridized carbons (Fsp3) is 0.484. The van der Waals surface area contributed by atoms with Crippen LogP contribution in [0.1, 0.15) is 77.5 Å². The lowest BCUT2D eigenvalue weighted by molar-refractivity contribution is -0.143. The normalized spacial score (nSPS) is 17.9. The number of ether oxygens (including phenoxy) is 3. The number of rotatable bonds is 4. The smallest absolute Gasteiger partial charge is 0.410 e. The quantitative estimate of drug-likeness (QED) is 0.338. The lowest BCUT2D eigenvalue weighted by atomic mass is 9.93. The monoisotopic (exact) mass is 505 g/mol. The molecule has 0 radical (unpaired) electrons. The summed E-state index contributed by atoms with van der Waals surface area (Å²) in [7, 11) is 0. The second-order valence-corrected chi connectivity index (χ2v) is 11.9. The first kappa shape index (κ1) is 26.8. The van der Waals surface area contributed by atoms with Crippen molar-refractivity contribution in [1.82, 2.24) is 4.90 Å². The molecule has 1 amide bonds. The van der Waals surface area contributed by atoms with Crippen LogP contribution in [0.25, 0.3) is 5.57 Å². The number of allylic oxidation sites excluding steroid dienone is 1. The second kappa shape index (κ2) is 10.6. The van der Waals surface area contributed by atoms with Crippen molar-refractivity contribution in [3.8, 4) is 11.5 Å². The number of nitrogens with zero attached hydrogens (tertiary/aromatic N) is 1. The van der Waals surface area contributed by atoms with E-state index < -0.39 is 11.0 Å². The molecule has 1 atom stereocenters. The summed E-state index contributed by atoms with van der Waals surface area (Å²) in [5.41, 5.74) is 3.62. The molecular weight excluding hydrogens is 466 g/mol. The van der Waals surface area contributed by atoms with Crippen LogP contribution in [-0.4, -0.2) is 41.8 Å². The molecule has 1 fully saturated rings. The first-order valence-corrected chi connectivity index (χ1v) is 13.2. The van der Waals surface area contributed by atoms with Crippen molar-refractivity contribution in [3.63, 3.8) is 0 Å².